The molecule has 7 nitrogen and oxygen atoms in total. The molecule has 4 N–H and O–H groups in total. The third-order valence-electron chi connectivity index (χ3n) is 4.93. The summed E-state index contributed by atoms with van der Waals surface area (Å²) in [6, 6.07) is 23.5. The summed E-state index contributed by atoms with van der Waals surface area (Å²) in [5, 5.41) is 5.60. The van der Waals surface area contributed by atoms with Crippen LogP contribution in [-0.4, -0.2) is 30.9 Å². The van der Waals surface area contributed by atoms with Gasteiger partial charge in [-0.3, -0.25) is 4.79 Å². The number of ether oxygens (including phenoxy) is 1. The Balaban J connectivity index is 1.65. The molecule has 0 radical (unpaired) electrons. The summed E-state index contributed by atoms with van der Waals surface area (Å²) in [5.41, 5.74) is 8.29. The van der Waals surface area contributed by atoms with Gasteiger partial charge >= 0.3 is 6.03 Å². The van der Waals surface area contributed by atoms with Crippen LogP contribution in [0.25, 0.3) is 0 Å². The number of nitrogens with zero attached hydrogens (tertiary/aromatic N) is 1. The molecule has 0 aliphatic heterocycles. The minimum Gasteiger partial charge on any atom is -0.457 e. The predicted octanol–water partition coefficient (Wildman–Crippen LogP) is 3.96. The lowest BCUT2D eigenvalue weighted by molar-refractivity contribution is -0.121. The van der Waals surface area contributed by atoms with Crippen LogP contribution in [0.5, 0.6) is 11.5 Å². The Hall–Kier alpha value is -3.84. The van der Waals surface area contributed by atoms with E-state index in [0.717, 1.165) is 17.7 Å². The van der Waals surface area contributed by atoms with Gasteiger partial charge in [-0.1, -0.05) is 54.6 Å². The topological polar surface area (TPSA) is 96.7 Å². The third kappa shape index (κ3) is 7.97. The van der Waals surface area contributed by atoms with Crippen LogP contribution in [0.3, 0.4) is 0 Å². The number of urea groups is 1. The van der Waals surface area contributed by atoms with Gasteiger partial charge in [0.1, 0.15) is 11.5 Å². The second-order valence-electron chi connectivity index (χ2n) is 8.09. The molecular formula is C26H30N4O3. The van der Waals surface area contributed by atoms with E-state index >= 15 is 0 Å². The Morgan fingerprint density at radius 1 is 0.909 bits per heavy atom. The summed E-state index contributed by atoms with van der Waals surface area (Å²) in [7, 11) is 4.03. The predicted molar refractivity (Wildman–Crippen MR) is 129 cm³/mol. The Morgan fingerprint density at radius 2 is 1.61 bits per heavy atom. The van der Waals surface area contributed by atoms with Crippen molar-refractivity contribution in [1.82, 2.24) is 15.5 Å². The zero-order chi connectivity index (χ0) is 23.6. The zero-order valence-electron chi connectivity index (χ0n) is 19.0. The van der Waals surface area contributed by atoms with Crippen molar-refractivity contribution in [2.75, 3.05) is 14.1 Å². The number of rotatable bonds is 10. The van der Waals surface area contributed by atoms with Crippen molar-refractivity contribution in [2.24, 2.45) is 5.73 Å². The molecule has 3 rings (SSSR count). The van der Waals surface area contributed by atoms with Crippen LogP contribution in [0, 0.1) is 0 Å². The van der Waals surface area contributed by atoms with Crippen molar-refractivity contribution in [1.29, 1.82) is 0 Å². The van der Waals surface area contributed by atoms with E-state index in [1.807, 2.05) is 74.8 Å². The highest BCUT2D eigenvalue weighted by Gasteiger charge is 2.18. The molecule has 7 heteroatoms. The summed E-state index contributed by atoms with van der Waals surface area (Å²) in [5.74, 6) is 1.11. The molecule has 0 spiro atoms. The van der Waals surface area contributed by atoms with Crippen LogP contribution < -0.4 is 21.1 Å². The third-order valence-corrected chi connectivity index (χ3v) is 4.93. The maximum Gasteiger partial charge on any atom is 0.312 e. The summed E-state index contributed by atoms with van der Waals surface area (Å²) < 4.78 is 5.88. The Kier molecular flexibility index (Phi) is 8.43. The fraction of sp³-hybridized carbons (Fsp3) is 0.231. The standard InChI is InChI=1S/C26H30N4O3/c1-30(2)18-20-9-6-8-19(14-20)17-28-25(31)16-24(29-26(27)32)21-10-7-13-23(15-21)33-22-11-4-3-5-12-22/h3-15,24H,16-18H2,1-2H3,(H,28,31)(H3,27,29,32). The van der Waals surface area contributed by atoms with Crippen LogP contribution in [0.4, 0.5) is 4.79 Å². The van der Waals surface area contributed by atoms with E-state index in [2.05, 4.69) is 27.7 Å². The highest BCUT2D eigenvalue weighted by molar-refractivity contribution is 5.78. The van der Waals surface area contributed by atoms with Crippen LogP contribution in [-0.2, 0) is 17.9 Å². The summed E-state index contributed by atoms with van der Waals surface area (Å²) in [4.78, 5) is 26.4. The maximum atomic E-state index is 12.7. The van der Waals surface area contributed by atoms with E-state index in [4.69, 9.17) is 10.5 Å². The molecule has 3 aromatic carbocycles. The van der Waals surface area contributed by atoms with Crippen molar-refractivity contribution in [3.05, 3.63) is 95.6 Å². The first kappa shape index (κ1) is 23.8. The number of nitrogens with two attached hydrogens (primary N) is 1. The van der Waals surface area contributed by atoms with Gasteiger partial charge < -0.3 is 26.0 Å². The molecule has 3 amide bonds. The minimum absolute atomic E-state index is 0.0507. The lowest BCUT2D eigenvalue weighted by Gasteiger charge is -2.19. The number of amides is 3. The molecule has 0 saturated carbocycles. The van der Waals surface area contributed by atoms with E-state index in [0.29, 0.717) is 18.0 Å². The highest BCUT2D eigenvalue weighted by Crippen LogP contribution is 2.26. The first-order valence-corrected chi connectivity index (χ1v) is 10.8. The van der Waals surface area contributed by atoms with E-state index in [1.54, 1.807) is 6.07 Å². The second-order valence-corrected chi connectivity index (χ2v) is 8.09. The molecule has 1 unspecified atom stereocenters. The molecule has 0 saturated heterocycles. The lowest BCUT2D eigenvalue weighted by Crippen LogP contribution is -2.36. The molecule has 0 heterocycles. The minimum atomic E-state index is -0.696. The van der Waals surface area contributed by atoms with E-state index in [1.165, 1.54) is 5.56 Å². The largest absolute Gasteiger partial charge is 0.457 e. The van der Waals surface area contributed by atoms with Gasteiger partial charge in [-0.05, 0) is 55.1 Å². The first-order chi connectivity index (χ1) is 15.9. The van der Waals surface area contributed by atoms with Gasteiger partial charge in [0, 0.05) is 13.1 Å². The van der Waals surface area contributed by atoms with Gasteiger partial charge in [-0.15, -0.1) is 0 Å². The number of hydrogen-bond acceptors (Lipinski definition) is 4. The smallest absolute Gasteiger partial charge is 0.312 e. The zero-order valence-corrected chi connectivity index (χ0v) is 19.0. The van der Waals surface area contributed by atoms with E-state index in [-0.39, 0.29) is 12.3 Å². The molecule has 172 valence electrons. The number of hydrogen-bond donors (Lipinski definition) is 3. The Morgan fingerprint density at radius 3 is 2.33 bits per heavy atom. The average Bonchev–Trinajstić information content (AvgIpc) is 2.78. The van der Waals surface area contributed by atoms with Crippen LogP contribution >= 0.6 is 0 Å². The van der Waals surface area contributed by atoms with Gasteiger partial charge in [0.15, 0.2) is 0 Å². The molecule has 0 bridgehead atoms. The number of carbonyl (C=O) groups excluding carboxylic acids is 2. The molecule has 0 aliphatic rings. The normalized spacial score (nSPS) is 11.6. The number of carbonyl (C=O) groups is 2. The first-order valence-electron chi connectivity index (χ1n) is 10.8. The van der Waals surface area contributed by atoms with Crippen molar-refractivity contribution in [2.45, 2.75) is 25.6 Å². The van der Waals surface area contributed by atoms with Crippen LogP contribution in [0.15, 0.2) is 78.9 Å². The highest BCUT2D eigenvalue weighted by atomic mass is 16.5. The molecule has 0 aliphatic carbocycles. The monoisotopic (exact) mass is 446 g/mol. The molecule has 0 aromatic heterocycles. The second kappa shape index (κ2) is 11.7. The Labute approximate surface area is 194 Å². The SMILES string of the molecule is CN(C)Cc1cccc(CNC(=O)CC(NC(N)=O)c2cccc(Oc3ccccc3)c2)c1. The summed E-state index contributed by atoms with van der Waals surface area (Å²) >= 11 is 0. The van der Waals surface area contributed by atoms with Crippen LogP contribution in [0.1, 0.15) is 29.2 Å². The van der Waals surface area contributed by atoms with Gasteiger partial charge in [0.25, 0.3) is 0 Å². The van der Waals surface area contributed by atoms with Gasteiger partial charge in [-0.25, -0.2) is 4.79 Å². The molecular weight excluding hydrogens is 416 g/mol. The van der Waals surface area contributed by atoms with Crippen LogP contribution in [0.2, 0.25) is 0 Å². The molecule has 3 aromatic rings. The fourth-order valence-electron chi connectivity index (χ4n) is 3.50. The van der Waals surface area contributed by atoms with Gasteiger partial charge in [0.2, 0.25) is 5.91 Å². The summed E-state index contributed by atoms with van der Waals surface area (Å²) in [6.45, 7) is 1.23. The van der Waals surface area contributed by atoms with Crippen molar-refractivity contribution < 1.29 is 14.3 Å². The fourth-order valence-corrected chi connectivity index (χ4v) is 3.50. The van der Waals surface area contributed by atoms with Gasteiger partial charge in [-0.2, -0.15) is 0 Å². The number of nitrogens with one attached hydrogen (secondary N) is 2. The van der Waals surface area contributed by atoms with Gasteiger partial charge in [0.05, 0.1) is 12.5 Å². The van der Waals surface area contributed by atoms with Crippen molar-refractivity contribution in [3.63, 3.8) is 0 Å². The lowest BCUT2D eigenvalue weighted by atomic mass is 10.0. The molecule has 1 atom stereocenters. The van der Waals surface area contributed by atoms with Crippen molar-refractivity contribution >= 4 is 11.9 Å². The average molecular weight is 447 g/mol. The quantitative estimate of drug-likeness (QED) is 0.439. The van der Waals surface area contributed by atoms with E-state index < -0.39 is 12.1 Å². The number of benzene rings is 3. The van der Waals surface area contributed by atoms with E-state index in [9.17, 15) is 9.59 Å². The maximum absolute atomic E-state index is 12.7. The molecule has 0 fully saturated rings. The Bertz CT molecular complexity index is 1070. The molecule has 33 heavy (non-hydrogen) atoms. The van der Waals surface area contributed by atoms with Crippen molar-refractivity contribution in [3.8, 4) is 11.5 Å². The number of primary amides is 1. The number of para-hydroxylation sites is 1. The summed E-state index contributed by atoms with van der Waals surface area (Å²) in [6.07, 6.45) is 0.0507.